The molecule has 1 aliphatic heterocycles. The van der Waals surface area contributed by atoms with E-state index in [0.29, 0.717) is 4.31 Å². The maximum Gasteiger partial charge on any atom is 0.326 e. The number of benzene rings is 1. The molecule has 1 aromatic heterocycles. The third-order valence-electron chi connectivity index (χ3n) is 3.73. The fourth-order valence-corrected chi connectivity index (χ4v) is 3.65. The van der Waals surface area contributed by atoms with Crippen LogP contribution in [0.5, 0.6) is 11.6 Å². The first kappa shape index (κ1) is 14.9. The van der Waals surface area contributed by atoms with E-state index < -0.39 is 39.9 Å². The number of ether oxygens (including phenoxy) is 1. The predicted molar refractivity (Wildman–Crippen MR) is 81.4 cm³/mol. The Hall–Kier alpha value is -2.62. The third-order valence-corrected chi connectivity index (χ3v) is 5.11. The normalized spacial score (nSPS) is 19.5. The molecule has 1 aromatic carbocycles. The van der Waals surface area contributed by atoms with Crippen LogP contribution in [0.15, 0.2) is 18.2 Å². The van der Waals surface area contributed by atoms with Crippen molar-refractivity contribution in [2.24, 2.45) is 0 Å². The second-order valence-electron chi connectivity index (χ2n) is 5.63. The number of phenolic OH excluding ortho intramolecular Hbond substituents is 1. The number of aromatic nitrogens is 1. The first-order chi connectivity index (χ1) is 11.3. The highest BCUT2D eigenvalue weighted by molar-refractivity contribution is 7.92. The van der Waals surface area contributed by atoms with Gasteiger partial charge < -0.3 is 9.84 Å². The third kappa shape index (κ3) is 2.39. The van der Waals surface area contributed by atoms with Crippen molar-refractivity contribution in [3.05, 3.63) is 24.0 Å². The Labute approximate surface area is 136 Å². The van der Waals surface area contributed by atoms with Gasteiger partial charge in [0.2, 0.25) is 5.88 Å². The number of nitrogens with one attached hydrogen (secondary N) is 1. The van der Waals surface area contributed by atoms with Crippen LogP contribution in [0.2, 0.25) is 0 Å². The summed E-state index contributed by atoms with van der Waals surface area (Å²) in [6, 6.07) is 4.27. The van der Waals surface area contributed by atoms with Gasteiger partial charge in [0.1, 0.15) is 29.6 Å². The largest absolute Gasteiger partial charge is 0.506 e. The second-order valence-corrected chi connectivity index (χ2v) is 7.23. The first-order valence-corrected chi connectivity index (χ1v) is 8.61. The Kier molecular flexibility index (Phi) is 3.07. The van der Waals surface area contributed by atoms with E-state index in [9.17, 15) is 22.7 Å². The number of anilines is 1. The van der Waals surface area contributed by atoms with Gasteiger partial charge in [-0.15, -0.1) is 0 Å². The van der Waals surface area contributed by atoms with Crippen LogP contribution in [0, 0.1) is 5.82 Å². The summed E-state index contributed by atoms with van der Waals surface area (Å²) in [5, 5.41) is 10.3. The van der Waals surface area contributed by atoms with E-state index in [1.807, 2.05) is 0 Å². The Morgan fingerprint density at radius 3 is 2.75 bits per heavy atom. The monoisotopic (exact) mass is 353 g/mol. The van der Waals surface area contributed by atoms with Crippen molar-refractivity contribution in [2.45, 2.75) is 18.9 Å². The van der Waals surface area contributed by atoms with E-state index in [-0.39, 0.29) is 22.9 Å². The van der Waals surface area contributed by atoms with Crippen molar-refractivity contribution >= 4 is 32.7 Å². The summed E-state index contributed by atoms with van der Waals surface area (Å²) in [5.74, 6) is -2.23. The lowest BCUT2D eigenvalue weighted by atomic mass is 10.1. The maximum absolute atomic E-state index is 14.9. The van der Waals surface area contributed by atoms with Crippen LogP contribution in [0.25, 0.3) is 10.9 Å². The number of halogens is 1. The zero-order valence-electron chi connectivity index (χ0n) is 12.2. The molecule has 0 spiro atoms. The molecule has 24 heavy (non-hydrogen) atoms. The molecule has 2 aliphatic rings. The van der Waals surface area contributed by atoms with Gasteiger partial charge in [-0.3, -0.25) is 4.79 Å². The van der Waals surface area contributed by atoms with Crippen LogP contribution >= 0.6 is 0 Å². The minimum absolute atomic E-state index is 0.0652. The molecule has 0 unspecified atom stereocenters. The minimum atomic E-state index is -4.25. The van der Waals surface area contributed by atoms with Gasteiger partial charge in [-0.05, 0) is 25.0 Å². The van der Waals surface area contributed by atoms with E-state index in [0.717, 1.165) is 12.8 Å². The standard InChI is InChI=1S/C14H12FN3O5S/c15-12-13-7(1-4-11(16-13)23-8-2-3-8)5-9(19)14(12)18-6-10(20)17-24(18,21)22/h1,4-5,8,19H,2-3,6H2,(H,17,20). The molecule has 10 heteroatoms. The van der Waals surface area contributed by atoms with E-state index in [1.54, 1.807) is 10.8 Å². The van der Waals surface area contributed by atoms with Crippen LogP contribution in [0.4, 0.5) is 10.1 Å². The lowest BCUT2D eigenvalue weighted by Gasteiger charge is -2.18. The summed E-state index contributed by atoms with van der Waals surface area (Å²) in [6.45, 7) is -0.614. The molecule has 1 saturated carbocycles. The fourth-order valence-electron chi connectivity index (χ4n) is 2.49. The van der Waals surface area contributed by atoms with E-state index in [1.165, 1.54) is 12.1 Å². The Bertz CT molecular complexity index is 974. The molecule has 126 valence electrons. The number of hydrogen-bond acceptors (Lipinski definition) is 6. The Morgan fingerprint density at radius 1 is 1.38 bits per heavy atom. The Balaban J connectivity index is 1.87. The molecule has 8 nitrogen and oxygen atoms in total. The van der Waals surface area contributed by atoms with Gasteiger partial charge in [-0.2, -0.15) is 8.42 Å². The highest BCUT2D eigenvalue weighted by Gasteiger charge is 2.38. The van der Waals surface area contributed by atoms with Gasteiger partial charge >= 0.3 is 10.2 Å². The fraction of sp³-hybridized carbons (Fsp3) is 0.286. The Morgan fingerprint density at radius 2 is 2.12 bits per heavy atom. The van der Waals surface area contributed by atoms with Crippen molar-refractivity contribution in [2.75, 3.05) is 10.8 Å². The lowest BCUT2D eigenvalue weighted by Crippen LogP contribution is -2.30. The molecule has 2 aromatic rings. The predicted octanol–water partition coefficient (Wildman–Crippen LogP) is 0.802. The highest BCUT2D eigenvalue weighted by atomic mass is 32.2. The quantitative estimate of drug-likeness (QED) is 0.845. The molecule has 1 saturated heterocycles. The molecule has 2 N–H and O–H groups in total. The summed E-state index contributed by atoms with van der Waals surface area (Å²) in [5.41, 5.74) is -0.757. The second kappa shape index (κ2) is 4.94. The smallest absolute Gasteiger partial charge is 0.326 e. The van der Waals surface area contributed by atoms with E-state index in [4.69, 9.17) is 4.74 Å². The van der Waals surface area contributed by atoms with Crippen molar-refractivity contribution in [3.8, 4) is 11.6 Å². The number of carbonyl (C=O) groups is 1. The SMILES string of the molecule is O=C1CN(c2c(O)cc3ccc(OC4CC4)nc3c2F)S(=O)(=O)N1. The van der Waals surface area contributed by atoms with Crippen molar-refractivity contribution in [1.29, 1.82) is 0 Å². The molecule has 4 rings (SSSR count). The van der Waals surface area contributed by atoms with Crippen LogP contribution in [-0.2, 0) is 15.0 Å². The molecule has 1 amide bonds. The van der Waals surface area contributed by atoms with Crippen LogP contribution in [-0.4, -0.2) is 37.1 Å². The number of hydrogen-bond donors (Lipinski definition) is 2. The molecule has 0 bridgehead atoms. The molecule has 2 fully saturated rings. The van der Waals surface area contributed by atoms with Crippen LogP contribution < -0.4 is 13.8 Å². The first-order valence-electron chi connectivity index (χ1n) is 7.17. The highest BCUT2D eigenvalue weighted by Crippen LogP contribution is 2.38. The number of aromatic hydroxyl groups is 1. The van der Waals surface area contributed by atoms with Gasteiger partial charge in [0.25, 0.3) is 5.91 Å². The average Bonchev–Trinajstić information content (AvgIpc) is 3.25. The minimum Gasteiger partial charge on any atom is -0.506 e. The molecule has 0 radical (unpaired) electrons. The lowest BCUT2D eigenvalue weighted by molar-refractivity contribution is -0.117. The number of fused-ring (bicyclic) bond motifs is 1. The molecular formula is C14H12FN3O5S. The van der Waals surface area contributed by atoms with Gasteiger partial charge in [-0.25, -0.2) is 18.4 Å². The van der Waals surface area contributed by atoms with Gasteiger partial charge in [-0.1, -0.05) is 0 Å². The van der Waals surface area contributed by atoms with Gasteiger partial charge in [0.05, 0.1) is 0 Å². The zero-order valence-corrected chi connectivity index (χ0v) is 13.0. The summed E-state index contributed by atoms with van der Waals surface area (Å²) < 4.78 is 46.4. The number of nitrogens with zero attached hydrogens (tertiary/aromatic N) is 2. The van der Waals surface area contributed by atoms with Gasteiger partial charge in [0.15, 0.2) is 5.82 Å². The number of rotatable bonds is 3. The van der Waals surface area contributed by atoms with Crippen molar-refractivity contribution in [1.82, 2.24) is 9.71 Å². The molecule has 0 atom stereocenters. The zero-order chi connectivity index (χ0) is 17.1. The van der Waals surface area contributed by atoms with Crippen molar-refractivity contribution in [3.63, 3.8) is 0 Å². The number of phenols is 1. The summed E-state index contributed by atoms with van der Waals surface area (Å²) in [4.78, 5) is 15.4. The van der Waals surface area contributed by atoms with Gasteiger partial charge in [0, 0.05) is 11.5 Å². The number of carbonyl (C=O) groups excluding carboxylic acids is 1. The van der Waals surface area contributed by atoms with E-state index in [2.05, 4.69) is 4.98 Å². The average molecular weight is 353 g/mol. The van der Waals surface area contributed by atoms with E-state index >= 15 is 0 Å². The number of amides is 1. The molecular weight excluding hydrogens is 341 g/mol. The number of pyridine rings is 1. The van der Waals surface area contributed by atoms with Crippen LogP contribution in [0.1, 0.15) is 12.8 Å². The maximum atomic E-state index is 14.9. The van der Waals surface area contributed by atoms with Crippen LogP contribution in [0.3, 0.4) is 0 Å². The summed E-state index contributed by atoms with van der Waals surface area (Å²) in [6.07, 6.45) is 1.88. The molecule has 2 heterocycles. The topological polar surface area (TPSA) is 109 Å². The van der Waals surface area contributed by atoms with Crippen molar-refractivity contribution < 1.29 is 27.4 Å². The molecule has 1 aliphatic carbocycles. The summed E-state index contributed by atoms with van der Waals surface area (Å²) >= 11 is 0. The summed E-state index contributed by atoms with van der Waals surface area (Å²) in [7, 11) is -4.25.